The van der Waals surface area contributed by atoms with Crippen LogP contribution in [0.15, 0.2) is 23.1 Å². The Morgan fingerprint density at radius 1 is 1.00 bits per heavy atom. The highest BCUT2D eigenvalue weighted by Crippen LogP contribution is 2.33. The fraction of sp³-hybridized carbons (Fsp3) is 0. The monoisotopic (exact) mass is 602 g/mol. The number of halogens is 6. The van der Waals surface area contributed by atoms with E-state index in [1.165, 1.54) is 12.1 Å². The molecule has 0 bridgehead atoms. The van der Waals surface area contributed by atoms with Gasteiger partial charge in [-0.2, -0.15) is 17.2 Å². The summed E-state index contributed by atoms with van der Waals surface area (Å²) in [5.74, 6) is -12.5. The summed E-state index contributed by atoms with van der Waals surface area (Å²) in [5.41, 5.74) is -0.133. The van der Waals surface area contributed by atoms with Crippen molar-refractivity contribution in [3.8, 4) is 5.75 Å². The Balaban J connectivity index is 2.58. The van der Waals surface area contributed by atoms with E-state index in [-0.39, 0.29) is 5.56 Å². The third kappa shape index (κ3) is 3.90. The molecule has 25 heavy (non-hydrogen) atoms. The minimum Gasteiger partial charge on any atom is -0.416 e. The second-order valence-corrected chi connectivity index (χ2v) is 7.98. The van der Waals surface area contributed by atoms with Gasteiger partial charge in [0.1, 0.15) is 0 Å². The van der Waals surface area contributed by atoms with Gasteiger partial charge in [0.2, 0.25) is 17.4 Å². The molecule has 5 nitrogen and oxygen atoms in total. The summed E-state index contributed by atoms with van der Waals surface area (Å²) >= 11 is 3.63. The molecule has 0 heterocycles. The van der Waals surface area contributed by atoms with Gasteiger partial charge in [0.15, 0.2) is 16.5 Å². The lowest BCUT2D eigenvalue weighted by Crippen LogP contribution is -2.16. The fourth-order valence-corrected chi connectivity index (χ4v) is 3.43. The van der Waals surface area contributed by atoms with E-state index in [0.29, 0.717) is 7.14 Å². The summed E-state index contributed by atoms with van der Waals surface area (Å²) in [6.07, 6.45) is 0. The van der Waals surface area contributed by atoms with Crippen molar-refractivity contribution >= 4 is 61.3 Å². The van der Waals surface area contributed by atoms with Crippen LogP contribution < -0.4 is 4.74 Å². The molecule has 1 N–H and O–H groups in total. The van der Waals surface area contributed by atoms with Crippen LogP contribution in [0.25, 0.3) is 0 Å². The lowest BCUT2D eigenvalue weighted by Gasteiger charge is -2.11. The van der Waals surface area contributed by atoms with Crippen molar-refractivity contribution in [3.05, 3.63) is 54.2 Å². The molecule has 0 aliphatic heterocycles. The average molecular weight is 602 g/mol. The molecule has 2 aromatic rings. The maximum absolute atomic E-state index is 13.9. The Kier molecular flexibility index (Phi) is 5.95. The van der Waals surface area contributed by atoms with Crippen LogP contribution in [-0.4, -0.2) is 18.9 Å². The maximum atomic E-state index is 13.9. The van der Waals surface area contributed by atoms with Crippen LogP contribution in [0.2, 0.25) is 0 Å². The highest BCUT2D eigenvalue weighted by molar-refractivity contribution is 14.1. The predicted molar refractivity (Wildman–Crippen MR) is 92.9 cm³/mol. The first-order valence-electron chi connectivity index (χ1n) is 5.96. The van der Waals surface area contributed by atoms with Crippen molar-refractivity contribution in [2.45, 2.75) is 4.90 Å². The molecule has 0 atom stereocenters. The van der Waals surface area contributed by atoms with Crippen LogP contribution in [-0.2, 0) is 10.1 Å². The largest absolute Gasteiger partial charge is 0.416 e. The molecule has 2 aromatic carbocycles. The molecule has 0 aliphatic rings. The molecule has 12 heteroatoms. The third-order valence-electron chi connectivity index (χ3n) is 2.81. The quantitative estimate of drug-likeness (QED) is 0.144. The Labute approximate surface area is 165 Å². The first-order chi connectivity index (χ1) is 11.5. The second kappa shape index (κ2) is 7.32. The van der Waals surface area contributed by atoms with E-state index in [2.05, 4.69) is 4.74 Å². The zero-order valence-corrected chi connectivity index (χ0v) is 16.6. The molecule has 0 saturated carbocycles. The molecular weight excluding hydrogens is 598 g/mol. The van der Waals surface area contributed by atoms with Gasteiger partial charge >= 0.3 is 16.1 Å². The standard InChI is InChI=1S/C13H4F4I2O5S/c14-6-8(16)12(25(21,22)23)9(17)7(15)11(6)24-13(20)4-2-1-3-5(18)10(4)19/h1-3H,(H,21,22,23). The number of ether oxygens (including phenoxy) is 1. The number of carbonyl (C=O) groups excluding carboxylic acids is 1. The van der Waals surface area contributed by atoms with Crippen molar-refractivity contribution in [3.63, 3.8) is 0 Å². The van der Waals surface area contributed by atoms with Gasteiger partial charge < -0.3 is 4.74 Å². The zero-order valence-electron chi connectivity index (χ0n) is 11.5. The van der Waals surface area contributed by atoms with E-state index in [4.69, 9.17) is 4.55 Å². The first-order valence-corrected chi connectivity index (χ1v) is 9.56. The molecule has 2 rings (SSSR count). The Hall–Kier alpha value is -1.00. The molecule has 0 unspecified atom stereocenters. The molecule has 0 aromatic heterocycles. The predicted octanol–water partition coefficient (Wildman–Crippen LogP) is 3.92. The van der Waals surface area contributed by atoms with Gasteiger partial charge in [-0.3, -0.25) is 4.55 Å². The Morgan fingerprint density at radius 3 is 2.00 bits per heavy atom. The normalized spacial score (nSPS) is 11.5. The Bertz CT molecular complexity index is 965. The maximum Gasteiger partial charge on any atom is 0.344 e. The summed E-state index contributed by atoms with van der Waals surface area (Å²) < 4.78 is 90.8. The molecule has 0 amide bonds. The lowest BCUT2D eigenvalue weighted by atomic mass is 10.2. The zero-order chi connectivity index (χ0) is 19.1. The van der Waals surface area contributed by atoms with Gasteiger partial charge in [-0.25, -0.2) is 13.6 Å². The van der Waals surface area contributed by atoms with E-state index < -0.39 is 50.0 Å². The van der Waals surface area contributed by atoms with Gasteiger partial charge in [0.25, 0.3) is 0 Å². The topological polar surface area (TPSA) is 80.7 Å². The van der Waals surface area contributed by atoms with Crippen molar-refractivity contribution in [2.75, 3.05) is 0 Å². The summed E-state index contributed by atoms with van der Waals surface area (Å²) in [4.78, 5) is 9.80. The molecule has 0 radical (unpaired) electrons. The molecule has 0 spiro atoms. The molecule has 0 aliphatic carbocycles. The molecular formula is C13H4F4I2O5S. The highest BCUT2D eigenvalue weighted by atomic mass is 127. The third-order valence-corrected chi connectivity index (χ3v) is 6.77. The van der Waals surface area contributed by atoms with Crippen molar-refractivity contribution in [2.24, 2.45) is 0 Å². The van der Waals surface area contributed by atoms with Gasteiger partial charge in [-0.1, -0.05) is 6.07 Å². The summed E-state index contributed by atoms with van der Waals surface area (Å²) in [6, 6.07) is 4.32. The molecule has 0 fully saturated rings. The van der Waals surface area contributed by atoms with E-state index in [0.717, 1.165) is 0 Å². The fourth-order valence-electron chi connectivity index (χ4n) is 1.72. The van der Waals surface area contributed by atoms with Crippen molar-refractivity contribution in [1.29, 1.82) is 0 Å². The minimum atomic E-state index is -5.59. The highest BCUT2D eigenvalue weighted by Gasteiger charge is 2.34. The van der Waals surface area contributed by atoms with Crippen LogP contribution in [0.4, 0.5) is 17.6 Å². The lowest BCUT2D eigenvalue weighted by molar-refractivity contribution is 0.0715. The number of hydrogen-bond donors (Lipinski definition) is 1. The van der Waals surface area contributed by atoms with Crippen LogP contribution >= 0.6 is 45.2 Å². The number of rotatable bonds is 3. The van der Waals surface area contributed by atoms with Crippen LogP contribution in [0.1, 0.15) is 10.4 Å². The SMILES string of the molecule is O=C(Oc1c(F)c(F)c(S(=O)(=O)O)c(F)c1F)c1cccc(I)c1I. The van der Waals surface area contributed by atoms with Crippen LogP contribution in [0.3, 0.4) is 0 Å². The van der Waals surface area contributed by atoms with Crippen molar-refractivity contribution in [1.82, 2.24) is 0 Å². The number of hydrogen-bond acceptors (Lipinski definition) is 4. The van der Waals surface area contributed by atoms with E-state index in [1.807, 2.05) is 22.6 Å². The summed E-state index contributed by atoms with van der Waals surface area (Å²) in [5, 5.41) is 0. The van der Waals surface area contributed by atoms with Crippen LogP contribution in [0.5, 0.6) is 5.75 Å². The number of esters is 1. The Morgan fingerprint density at radius 2 is 1.52 bits per heavy atom. The number of benzene rings is 2. The van der Waals surface area contributed by atoms with E-state index >= 15 is 0 Å². The van der Waals surface area contributed by atoms with E-state index in [9.17, 15) is 30.8 Å². The summed E-state index contributed by atoms with van der Waals surface area (Å²) in [6.45, 7) is 0. The summed E-state index contributed by atoms with van der Waals surface area (Å²) in [7, 11) is -5.59. The first kappa shape index (κ1) is 20.3. The average Bonchev–Trinajstić information content (AvgIpc) is 2.51. The van der Waals surface area contributed by atoms with Gasteiger partial charge in [-0.05, 0) is 57.3 Å². The van der Waals surface area contributed by atoms with E-state index in [1.54, 1.807) is 28.7 Å². The van der Waals surface area contributed by atoms with Gasteiger partial charge in [0.05, 0.1) is 5.56 Å². The van der Waals surface area contributed by atoms with Gasteiger partial charge in [-0.15, -0.1) is 0 Å². The minimum absolute atomic E-state index is 0.133. The smallest absolute Gasteiger partial charge is 0.344 e. The molecule has 134 valence electrons. The van der Waals surface area contributed by atoms with Crippen molar-refractivity contribution < 1.29 is 40.1 Å². The molecule has 0 saturated heterocycles. The van der Waals surface area contributed by atoms with Crippen LogP contribution in [0, 0.1) is 30.4 Å². The van der Waals surface area contributed by atoms with Gasteiger partial charge in [0, 0.05) is 7.14 Å². The number of carbonyl (C=O) groups is 1. The second-order valence-electron chi connectivity index (χ2n) is 4.38.